The van der Waals surface area contributed by atoms with Crippen molar-refractivity contribution in [3.8, 4) is 11.5 Å². The monoisotopic (exact) mass is 214 g/mol. The highest BCUT2D eigenvalue weighted by molar-refractivity contribution is 5.81. The van der Waals surface area contributed by atoms with Gasteiger partial charge in [0, 0.05) is 11.8 Å². The number of nitrogens with zero attached hydrogens (tertiary/aromatic N) is 2. The highest BCUT2D eigenvalue weighted by Crippen LogP contribution is 2.21. The first kappa shape index (κ1) is 9.11. The summed E-state index contributed by atoms with van der Waals surface area (Å²) in [6, 6.07) is 7.53. The number of aromatic amines is 2. The number of fused-ring (bicyclic) bond motifs is 1. The molecule has 2 heterocycles. The Hall–Kier alpha value is -2.14. The molecule has 0 fully saturated rings. The largest absolute Gasteiger partial charge is 0.392 e. The van der Waals surface area contributed by atoms with Crippen LogP contribution in [0.4, 0.5) is 0 Å². The zero-order valence-corrected chi connectivity index (χ0v) is 8.44. The molecule has 0 aliphatic carbocycles. The molecule has 80 valence electrons. The maximum atomic E-state index is 9.20. The van der Waals surface area contributed by atoms with E-state index in [4.69, 9.17) is 0 Å². The molecule has 3 aromatic rings. The molecule has 0 saturated heterocycles. The Kier molecular flexibility index (Phi) is 1.97. The number of aliphatic hydroxyl groups is 1. The summed E-state index contributed by atoms with van der Waals surface area (Å²) in [7, 11) is 0. The van der Waals surface area contributed by atoms with Crippen LogP contribution < -0.4 is 0 Å². The van der Waals surface area contributed by atoms with Crippen molar-refractivity contribution in [2.75, 3.05) is 0 Å². The van der Waals surface area contributed by atoms with E-state index in [1.807, 2.05) is 24.3 Å². The van der Waals surface area contributed by atoms with Crippen LogP contribution in [-0.4, -0.2) is 25.3 Å². The molecule has 0 aliphatic heterocycles. The third kappa shape index (κ3) is 1.30. The highest BCUT2D eigenvalue weighted by Gasteiger charge is 2.08. The lowest BCUT2D eigenvalue weighted by molar-refractivity contribution is 0.283. The Bertz CT molecular complexity index is 612. The van der Waals surface area contributed by atoms with Gasteiger partial charge in [-0.3, -0.25) is 5.10 Å². The minimum absolute atomic E-state index is 0.00932. The fourth-order valence-corrected chi connectivity index (χ4v) is 1.73. The summed E-state index contributed by atoms with van der Waals surface area (Å²) in [5.74, 6) is 0.730. The van der Waals surface area contributed by atoms with Gasteiger partial charge in [0.2, 0.25) is 0 Å². The number of benzene rings is 1. The van der Waals surface area contributed by atoms with E-state index in [0.29, 0.717) is 0 Å². The summed E-state index contributed by atoms with van der Waals surface area (Å²) in [5.41, 5.74) is 3.37. The highest BCUT2D eigenvalue weighted by atomic mass is 16.3. The van der Waals surface area contributed by atoms with Gasteiger partial charge >= 0.3 is 0 Å². The number of nitrogens with one attached hydrogen (secondary N) is 2. The van der Waals surface area contributed by atoms with Gasteiger partial charge in [-0.2, -0.15) is 5.10 Å². The molecule has 0 bridgehead atoms. The number of rotatable bonds is 2. The predicted octanol–water partition coefficient (Wildman–Crippen LogP) is 1.45. The zero-order chi connectivity index (χ0) is 11.0. The third-order valence-electron chi connectivity index (χ3n) is 2.52. The molecule has 0 radical (unpaired) electrons. The second-order valence-electron chi connectivity index (χ2n) is 3.53. The first-order valence-electron chi connectivity index (χ1n) is 4.96. The van der Waals surface area contributed by atoms with E-state index >= 15 is 0 Å². The Morgan fingerprint density at radius 1 is 1.25 bits per heavy atom. The molecule has 3 N–H and O–H groups in total. The average Bonchev–Trinajstić information content (AvgIpc) is 2.96. The van der Waals surface area contributed by atoms with Gasteiger partial charge in [0.25, 0.3) is 0 Å². The van der Waals surface area contributed by atoms with E-state index < -0.39 is 0 Å². The van der Waals surface area contributed by atoms with E-state index in [1.165, 1.54) is 0 Å². The fraction of sp³-hybridized carbons (Fsp3) is 0.0909. The number of hydrogen-bond donors (Lipinski definition) is 3. The van der Waals surface area contributed by atoms with Gasteiger partial charge in [-0.05, 0) is 12.1 Å². The molecule has 0 spiro atoms. The zero-order valence-electron chi connectivity index (χ0n) is 8.44. The lowest BCUT2D eigenvalue weighted by Crippen LogP contribution is -1.84. The van der Waals surface area contributed by atoms with E-state index in [1.54, 1.807) is 6.20 Å². The molecule has 2 aromatic heterocycles. The number of aromatic nitrogens is 4. The standard InChI is InChI=1S/C11H10N4O/c16-6-7-2-1-3-8-10(7)14-11(13-8)9-4-5-12-15-9/h1-5,16H,6H2,(H,12,15)(H,13,14). The molecule has 1 aromatic carbocycles. The van der Waals surface area contributed by atoms with Crippen molar-refractivity contribution in [3.63, 3.8) is 0 Å². The smallest absolute Gasteiger partial charge is 0.156 e. The second-order valence-corrected chi connectivity index (χ2v) is 3.53. The Morgan fingerprint density at radius 3 is 2.94 bits per heavy atom. The predicted molar refractivity (Wildman–Crippen MR) is 59.6 cm³/mol. The number of H-pyrrole nitrogens is 2. The van der Waals surface area contributed by atoms with Crippen LogP contribution in [0.2, 0.25) is 0 Å². The van der Waals surface area contributed by atoms with Crippen LogP contribution in [0.25, 0.3) is 22.6 Å². The first-order valence-corrected chi connectivity index (χ1v) is 4.96. The lowest BCUT2D eigenvalue weighted by Gasteiger charge is -1.94. The third-order valence-corrected chi connectivity index (χ3v) is 2.52. The molecule has 0 aliphatic rings. The van der Waals surface area contributed by atoms with E-state index in [0.717, 1.165) is 28.1 Å². The molecule has 5 nitrogen and oxygen atoms in total. The van der Waals surface area contributed by atoms with E-state index in [2.05, 4.69) is 20.2 Å². The van der Waals surface area contributed by atoms with Crippen LogP contribution in [0.5, 0.6) is 0 Å². The number of aliphatic hydroxyl groups excluding tert-OH is 1. The van der Waals surface area contributed by atoms with Crippen molar-refractivity contribution >= 4 is 11.0 Å². The maximum absolute atomic E-state index is 9.20. The average molecular weight is 214 g/mol. The molecule has 0 amide bonds. The van der Waals surface area contributed by atoms with Gasteiger partial charge in [0.1, 0.15) is 5.69 Å². The van der Waals surface area contributed by atoms with Gasteiger partial charge in [-0.1, -0.05) is 12.1 Å². The Morgan fingerprint density at radius 2 is 2.19 bits per heavy atom. The van der Waals surface area contributed by atoms with Crippen molar-refractivity contribution in [1.82, 2.24) is 20.2 Å². The van der Waals surface area contributed by atoms with Crippen LogP contribution in [0.3, 0.4) is 0 Å². The van der Waals surface area contributed by atoms with Crippen LogP contribution in [0.1, 0.15) is 5.56 Å². The van der Waals surface area contributed by atoms with E-state index in [9.17, 15) is 5.11 Å². The SMILES string of the molecule is OCc1cccc2[nH]c(-c3ccn[nH]3)nc12. The quantitative estimate of drug-likeness (QED) is 0.604. The van der Waals surface area contributed by atoms with Crippen molar-refractivity contribution in [2.24, 2.45) is 0 Å². The van der Waals surface area contributed by atoms with Gasteiger partial charge < -0.3 is 10.1 Å². The van der Waals surface area contributed by atoms with Crippen LogP contribution >= 0.6 is 0 Å². The van der Waals surface area contributed by atoms with E-state index in [-0.39, 0.29) is 6.61 Å². The summed E-state index contributed by atoms with van der Waals surface area (Å²) in [5, 5.41) is 15.9. The Balaban J connectivity index is 2.23. The topological polar surface area (TPSA) is 77.6 Å². The number of hydrogen-bond acceptors (Lipinski definition) is 3. The molecule has 0 atom stereocenters. The van der Waals surface area contributed by atoms with Crippen molar-refractivity contribution in [3.05, 3.63) is 36.0 Å². The van der Waals surface area contributed by atoms with Gasteiger partial charge in [-0.15, -0.1) is 0 Å². The van der Waals surface area contributed by atoms with Crippen LogP contribution in [0, 0.1) is 0 Å². The molecule has 0 unspecified atom stereocenters. The number of imidazole rings is 1. The molecule has 16 heavy (non-hydrogen) atoms. The summed E-state index contributed by atoms with van der Waals surface area (Å²) in [6.45, 7) is -0.00932. The van der Waals surface area contributed by atoms with Crippen molar-refractivity contribution < 1.29 is 5.11 Å². The molecule has 5 heteroatoms. The minimum Gasteiger partial charge on any atom is -0.392 e. The summed E-state index contributed by atoms with van der Waals surface area (Å²) < 4.78 is 0. The van der Waals surface area contributed by atoms with Gasteiger partial charge in [-0.25, -0.2) is 4.98 Å². The number of para-hydroxylation sites is 1. The summed E-state index contributed by atoms with van der Waals surface area (Å²) in [4.78, 5) is 7.62. The Labute approximate surface area is 91.2 Å². The lowest BCUT2D eigenvalue weighted by atomic mass is 10.2. The van der Waals surface area contributed by atoms with Crippen molar-refractivity contribution in [1.29, 1.82) is 0 Å². The first-order chi connectivity index (χ1) is 7.88. The molecular weight excluding hydrogens is 204 g/mol. The second kappa shape index (κ2) is 3.46. The van der Waals surface area contributed by atoms with Gasteiger partial charge in [0.05, 0.1) is 17.6 Å². The summed E-state index contributed by atoms with van der Waals surface area (Å²) >= 11 is 0. The maximum Gasteiger partial charge on any atom is 0.156 e. The minimum atomic E-state index is -0.00932. The van der Waals surface area contributed by atoms with Crippen molar-refractivity contribution in [2.45, 2.75) is 6.61 Å². The summed E-state index contributed by atoms with van der Waals surface area (Å²) in [6.07, 6.45) is 1.68. The normalized spacial score (nSPS) is 11.1. The van der Waals surface area contributed by atoms with Crippen LogP contribution in [0.15, 0.2) is 30.5 Å². The molecule has 3 rings (SSSR count). The van der Waals surface area contributed by atoms with Gasteiger partial charge in [0.15, 0.2) is 5.82 Å². The molecular formula is C11H10N4O. The fourth-order valence-electron chi connectivity index (χ4n) is 1.73. The van der Waals surface area contributed by atoms with Crippen LogP contribution in [-0.2, 0) is 6.61 Å². The molecule has 0 saturated carbocycles.